The molecule has 2 aromatic carbocycles. The fourth-order valence-electron chi connectivity index (χ4n) is 2.57. The quantitative estimate of drug-likeness (QED) is 0.576. The molecule has 0 radical (unpaired) electrons. The molecule has 0 bridgehead atoms. The van der Waals surface area contributed by atoms with Crippen molar-refractivity contribution in [3.8, 4) is 0 Å². The number of carbonyl (C=O) groups is 3. The molecule has 0 unspecified atom stereocenters. The molecular formula is C23H22N4O3. The Labute approximate surface area is 174 Å². The van der Waals surface area contributed by atoms with Gasteiger partial charge in [0, 0.05) is 40.9 Å². The van der Waals surface area contributed by atoms with Crippen molar-refractivity contribution < 1.29 is 14.4 Å². The zero-order valence-electron chi connectivity index (χ0n) is 16.7. The minimum Gasteiger partial charge on any atom is -0.326 e. The van der Waals surface area contributed by atoms with E-state index in [0.29, 0.717) is 28.2 Å². The number of aromatic nitrogens is 1. The van der Waals surface area contributed by atoms with Crippen LogP contribution in [0.5, 0.6) is 0 Å². The molecule has 0 saturated heterocycles. The Hall–Kier alpha value is -4.00. The van der Waals surface area contributed by atoms with Gasteiger partial charge in [0.25, 0.3) is 11.8 Å². The van der Waals surface area contributed by atoms with Crippen molar-refractivity contribution in [3.63, 3.8) is 0 Å². The number of anilines is 3. The lowest BCUT2D eigenvalue weighted by Crippen LogP contribution is -2.17. The smallest absolute Gasteiger partial charge is 0.257 e. The van der Waals surface area contributed by atoms with E-state index in [1.54, 1.807) is 66.9 Å². The molecule has 1 aromatic heterocycles. The zero-order valence-corrected chi connectivity index (χ0v) is 16.7. The zero-order chi connectivity index (χ0) is 21.5. The maximum atomic E-state index is 12.6. The summed E-state index contributed by atoms with van der Waals surface area (Å²) >= 11 is 0. The van der Waals surface area contributed by atoms with Crippen LogP contribution < -0.4 is 16.0 Å². The third-order valence-corrected chi connectivity index (χ3v) is 4.24. The van der Waals surface area contributed by atoms with Crippen molar-refractivity contribution in [3.05, 3.63) is 84.2 Å². The van der Waals surface area contributed by atoms with Crippen LogP contribution >= 0.6 is 0 Å². The summed E-state index contributed by atoms with van der Waals surface area (Å²) in [6.45, 7) is 3.63. The van der Waals surface area contributed by atoms with Crippen LogP contribution in [0.15, 0.2) is 73.1 Å². The van der Waals surface area contributed by atoms with Gasteiger partial charge in [-0.1, -0.05) is 19.9 Å². The van der Waals surface area contributed by atoms with Gasteiger partial charge in [-0.15, -0.1) is 0 Å². The maximum Gasteiger partial charge on any atom is 0.257 e. The molecule has 7 nitrogen and oxygen atoms in total. The molecule has 0 saturated carbocycles. The van der Waals surface area contributed by atoms with Crippen molar-refractivity contribution in [2.24, 2.45) is 5.92 Å². The molecule has 0 fully saturated rings. The van der Waals surface area contributed by atoms with Crippen LogP contribution in [0.25, 0.3) is 0 Å². The number of benzene rings is 2. The van der Waals surface area contributed by atoms with Gasteiger partial charge in [-0.3, -0.25) is 19.4 Å². The van der Waals surface area contributed by atoms with E-state index in [2.05, 4.69) is 20.9 Å². The molecule has 1 heterocycles. The van der Waals surface area contributed by atoms with Crippen LogP contribution in [-0.4, -0.2) is 22.7 Å². The number of hydrogen-bond acceptors (Lipinski definition) is 4. The standard InChI is InChI=1S/C23H22N4O3/c1-15(2)21(28)25-18-8-10-19(11-9-18)26-22(29)16-5-3-7-20(13-16)27-23(30)17-6-4-12-24-14-17/h3-15H,1-2H3,(H,25,28)(H,26,29)(H,27,30). The molecular weight excluding hydrogens is 380 g/mol. The first kappa shape index (κ1) is 20.7. The Balaban J connectivity index is 1.64. The third-order valence-electron chi connectivity index (χ3n) is 4.24. The molecule has 0 aliphatic heterocycles. The molecule has 7 heteroatoms. The minimum absolute atomic E-state index is 0.0723. The van der Waals surface area contributed by atoms with Gasteiger partial charge in [0.1, 0.15) is 0 Å². The molecule has 3 aromatic rings. The van der Waals surface area contributed by atoms with Crippen LogP contribution in [0.2, 0.25) is 0 Å². The molecule has 3 amide bonds. The fraction of sp³-hybridized carbons (Fsp3) is 0.130. The summed E-state index contributed by atoms with van der Waals surface area (Å²) in [7, 11) is 0. The first-order valence-electron chi connectivity index (χ1n) is 9.46. The van der Waals surface area contributed by atoms with E-state index < -0.39 is 0 Å². The van der Waals surface area contributed by atoms with Crippen molar-refractivity contribution in [1.82, 2.24) is 4.98 Å². The highest BCUT2D eigenvalue weighted by Crippen LogP contribution is 2.17. The number of rotatable bonds is 6. The first-order chi connectivity index (χ1) is 14.4. The summed E-state index contributed by atoms with van der Waals surface area (Å²) in [4.78, 5) is 40.5. The van der Waals surface area contributed by atoms with Crippen LogP contribution in [0.4, 0.5) is 17.1 Å². The monoisotopic (exact) mass is 402 g/mol. The summed E-state index contributed by atoms with van der Waals surface area (Å²) in [5.74, 6) is -0.807. The van der Waals surface area contributed by atoms with E-state index in [1.165, 1.54) is 6.20 Å². The highest BCUT2D eigenvalue weighted by Gasteiger charge is 2.11. The van der Waals surface area contributed by atoms with Crippen molar-refractivity contribution >= 4 is 34.8 Å². The van der Waals surface area contributed by atoms with E-state index in [0.717, 1.165) is 0 Å². The number of nitrogens with zero attached hydrogens (tertiary/aromatic N) is 1. The third kappa shape index (κ3) is 5.51. The second-order valence-corrected chi connectivity index (χ2v) is 6.95. The van der Waals surface area contributed by atoms with E-state index in [4.69, 9.17) is 0 Å². The highest BCUT2D eigenvalue weighted by molar-refractivity contribution is 6.07. The molecule has 0 atom stereocenters. The van der Waals surface area contributed by atoms with Gasteiger partial charge >= 0.3 is 0 Å². The van der Waals surface area contributed by atoms with Gasteiger partial charge in [0.15, 0.2) is 0 Å². The van der Waals surface area contributed by atoms with Crippen LogP contribution in [0.3, 0.4) is 0 Å². The molecule has 3 rings (SSSR count). The largest absolute Gasteiger partial charge is 0.326 e. The SMILES string of the molecule is CC(C)C(=O)Nc1ccc(NC(=O)c2cccc(NC(=O)c3cccnc3)c2)cc1. The number of amides is 3. The molecule has 152 valence electrons. The molecule has 0 spiro atoms. The number of pyridine rings is 1. The maximum absolute atomic E-state index is 12.6. The minimum atomic E-state index is -0.313. The molecule has 0 aliphatic rings. The number of nitrogens with one attached hydrogen (secondary N) is 3. The summed E-state index contributed by atoms with van der Waals surface area (Å²) in [6.07, 6.45) is 3.06. The van der Waals surface area contributed by atoms with Gasteiger partial charge < -0.3 is 16.0 Å². The number of hydrogen-bond donors (Lipinski definition) is 3. The predicted molar refractivity (Wildman–Crippen MR) is 116 cm³/mol. The summed E-state index contributed by atoms with van der Waals surface area (Å²) < 4.78 is 0. The first-order valence-corrected chi connectivity index (χ1v) is 9.46. The average Bonchev–Trinajstić information content (AvgIpc) is 2.75. The lowest BCUT2D eigenvalue weighted by Gasteiger charge is -2.10. The van der Waals surface area contributed by atoms with Crippen LogP contribution in [-0.2, 0) is 4.79 Å². The van der Waals surface area contributed by atoms with Gasteiger partial charge in [-0.2, -0.15) is 0 Å². The number of carbonyl (C=O) groups excluding carboxylic acids is 3. The Bertz CT molecular complexity index is 1050. The Kier molecular flexibility index (Phi) is 6.54. The van der Waals surface area contributed by atoms with Gasteiger partial charge in [0.2, 0.25) is 5.91 Å². The second-order valence-electron chi connectivity index (χ2n) is 6.95. The van der Waals surface area contributed by atoms with E-state index in [-0.39, 0.29) is 23.6 Å². The summed E-state index contributed by atoms with van der Waals surface area (Å²) in [6, 6.07) is 16.9. The van der Waals surface area contributed by atoms with E-state index in [9.17, 15) is 14.4 Å². The Morgan fingerprint density at radius 3 is 1.97 bits per heavy atom. The average molecular weight is 402 g/mol. The predicted octanol–water partition coefficient (Wildman–Crippen LogP) is 4.18. The Morgan fingerprint density at radius 2 is 1.33 bits per heavy atom. The topological polar surface area (TPSA) is 100 Å². The summed E-state index contributed by atoms with van der Waals surface area (Å²) in [5.41, 5.74) is 2.58. The van der Waals surface area contributed by atoms with E-state index in [1.807, 2.05) is 13.8 Å². The summed E-state index contributed by atoms with van der Waals surface area (Å²) in [5, 5.41) is 8.35. The second kappa shape index (κ2) is 9.47. The van der Waals surface area contributed by atoms with Crippen LogP contribution in [0, 0.1) is 5.92 Å². The molecule has 0 aliphatic carbocycles. The molecule has 3 N–H and O–H groups in total. The van der Waals surface area contributed by atoms with Crippen LogP contribution in [0.1, 0.15) is 34.6 Å². The van der Waals surface area contributed by atoms with E-state index >= 15 is 0 Å². The lowest BCUT2D eigenvalue weighted by molar-refractivity contribution is -0.118. The van der Waals surface area contributed by atoms with Gasteiger partial charge in [0.05, 0.1) is 5.56 Å². The van der Waals surface area contributed by atoms with Crippen molar-refractivity contribution in [2.75, 3.05) is 16.0 Å². The van der Waals surface area contributed by atoms with Gasteiger partial charge in [-0.05, 0) is 54.6 Å². The fourth-order valence-corrected chi connectivity index (χ4v) is 2.57. The molecule has 30 heavy (non-hydrogen) atoms. The van der Waals surface area contributed by atoms with Crippen molar-refractivity contribution in [2.45, 2.75) is 13.8 Å². The van der Waals surface area contributed by atoms with Gasteiger partial charge in [-0.25, -0.2) is 0 Å². The normalized spacial score (nSPS) is 10.4. The van der Waals surface area contributed by atoms with Crippen molar-refractivity contribution in [1.29, 1.82) is 0 Å². The highest BCUT2D eigenvalue weighted by atomic mass is 16.2. The Morgan fingerprint density at radius 1 is 0.733 bits per heavy atom. The lowest BCUT2D eigenvalue weighted by atomic mass is 10.1.